The van der Waals surface area contributed by atoms with Crippen molar-refractivity contribution < 1.29 is 33.8 Å². The smallest absolute Gasteiger partial charge is 0.330 e. The van der Waals surface area contributed by atoms with E-state index in [1.807, 2.05) is 44.2 Å². The van der Waals surface area contributed by atoms with Crippen LogP contribution in [-0.4, -0.2) is 81.1 Å². The fraction of sp³-hybridized carbons (Fsp3) is 0.545. The molecule has 10 heteroatoms. The molecule has 174 valence electrons. The van der Waals surface area contributed by atoms with E-state index in [0.717, 1.165) is 10.5 Å². The van der Waals surface area contributed by atoms with Gasteiger partial charge in [0.15, 0.2) is 0 Å². The number of aliphatic hydroxyl groups excluding tert-OH is 1. The molecule has 2 heterocycles. The molecule has 0 saturated carbocycles. The van der Waals surface area contributed by atoms with Crippen LogP contribution in [0.4, 0.5) is 0 Å². The summed E-state index contributed by atoms with van der Waals surface area (Å²) in [5, 5.41) is 10.1. The van der Waals surface area contributed by atoms with Crippen LogP contribution in [0, 0.1) is 5.92 Å². The molecule has 3 rings (SSSR count). The Labute approximate surface area is 191 Å². The number of rotatable bonds is 8. The van der Waals surface area contributed by atoms with Crippen molar-refractivity contribution in [1.82, 2.24) is 9.80 Å². The maximum absolute atomic E-state index is 12.9. The third kappa shape index (κ3) is 4.61. The first-order chi connectivity index (χ1) is 15.1. The van der Waals surface area contributed by atoms with Gasteiger partial charge in [0.2, 0.25) is 5.91 Å². The summed E-state index contributed by atoms with van der Waals surface area (Å²) in [7, 11) is 1.36. The van der Waals surface area contributed by atoms with Crippen LogP contribution in [0.5, 0.6) is 0 Å². The first-order valence-electron chi connectivity index (χ1n) is 10.4. The van der Waals surface area contributed by atoms with Crippen LogP contribution < -0.4 is 0 Å². The molecule has 0 radical (unpaired) electrons. The van der Waals surface area contributed by atoms with Crippen LogP contribution in [0.1, 0.15) is 26.3 Å². The standard InChI is InChI=1S/C22H28N2O7S/c1-5-30-14(25)11-23(4)19(28)16(26)15-18(27)24-17(22(2,3)32-20(15)24)21(29)31-12-13-9-7-6-8-10-13/h6-10,15-17,20,26H,5,11-12H2,1-4H3/t15-,16+,17+,20-/m1/s1. The van der Waals surface area contributed by atoms with Crippen molar-refractivity contribution in [2.75, 3.05) is 20.2 Å². The lowest BCUT2D eigenvalue weighted by molar-refractivity contribution is -0.175. The summed E-state index contributed by atoms with van der Waals surface area (Å²) < 4.78 is 9.61. The summed E-state index contributed by atoms with van der Waals surface area (Å²) in [5.41, 5.74) is 0.833. The number of benzene rings is 1. The predicted octanol–water partition coefficient (Wildman–Crippen LogP) is 0.791. The molecule has 2 saturated heterocycles. The minimum atomic E-state index is -1.62. The van der Waals surface area contributed by atoms with Gasteiger partial charge in [-0.3, -0.25) is 14.4 Å². The number of carbonyl (C=O) groups excluding carboxylic acids is 4. The Morgan fingerprint density at radius 2 is 1.88 bits per heavy atom. The number of esters is 2. The highest BCUT2D eigenvalue weighted by Gasteiger charge is 2.66. The van der Waals surface area contributed by atoms with Gasteiger partial charge < -0.3 is 24.4 Å². The number of ether oxygens (including phenoxy) is 2. The van der Waals surface area contributed by atoms with Gasteiger partial charge in [-0.2, -0.15) is 0 Å². The largest absolute Gasteiger partial charge is 0.465 e. The molecule has 32 heavy (non-hydrogen) atoms. The third-order valence-corrected chi connectivity index (χ3v) is 7.16. The molecule has 2 fully saturated rings. The van der Waals surface area contributed by atoms with E-state index in [2.05, 4.69) is 0 Å². The van der Waals surface area contributed by atoms with E-state index in [1.165, 1.54) is 23.7 Å². The number of likely N-dealkylation sites (N-methyl/N-ethyl adjacent to an activating group) is 1. The fourth-order valence-corrected chi connectivity index (χ4v) is 5.69. The molecule has 0 unspecified atom stereocenters. The van der Waals surface area contributed by atoms with Crippen LogP contribution in [0.2, 0.25) is 0 Å². The van der Waals surface area contributed by atoms with Crippen LogP contribution in [0.3, 0.4) is 0 Å². The Kier molecular flexibility index (Phi) is 7.14. The average molecular weight is 465 g/mol. The zero-order chi connectivity index (χ0) is 23.6. The molecule has 4 atom stereocenters. The Balaban J connectivity index is 1.66. The second kappa shape index (κ2) is 9.50. The van der Waals surface area contributed by atoms with E-state index in [-0.39, 0.29) is 19.8 Å². The molecule has 9 nitrogen and oxygen atoms in total. The van der Waals surface area contributed by atoms with Crippen molar-refractivity contribution in [2.45, 2.75) is 49.6 Å². The van der Waals surface area contributed by atoms with Crippen molar-refractivity contribution >= 4 is 35.5 Å². The predicted molar refractivity (Wildman–Crippen MR) is 116 cm³/mol. The maximum Gasteiger partial charge on any atom is 0.330 e. The topological polar surface area (TPSA) is 113 Å². The maximum atomic E-state index is 12.9. The normalized spacial score (nSPS) is 24.2. The van der Waals surface area contributed by atoms with Gasteiger partial charge in [0.25, 0.3) is 5.91 Å². The Morgan fingerprint density at radius 3 is 2.50 bits per heavy atom. The van der Waals surface area contributed by atoms with Gasteiger partial charge >= 0.3 is 11.9 Å². The summed E-state index contributed by atoms with van der Waals surface area (Å²) in [5.74, 6) is -3.36. The molecule has 0 aliphatic carbocycles. The van der Waals surface area contributed by atoms with E-state index in [4.69, 9.17) is 9.47 Å². The number of amides is 2. The van der Waals surface area contributed by atoms with Gasteiger partial charge in [0, 0.05) is 11.8 Å². The lowest BCUT2D eigenvalue weighted by Gasteiger charge is -2.45. The van der Waals surface area contributed by atoms with Crippen LogP contribution in [-0.2, 0) is 35.3 Å². The molecule has 0 bridgehead atoms. The first kappa shape index (κ1) is 24.1. The van der Waals surface area contributed by atoms with E-state index in [9.17, 15) is 24.3 Å². The minimum Gasteiger partial charge on any atom is -0.465 e. The number of hydrogen-bond acceptors (Lipinski definition) is 8. The van der Waals surface area contributed by atoms with E-state index < -0.39 is 51.9 Å². The number of nitrogens with zero attached hydrogens (tertiary/aromatic N) is 2. The van der Waals surface area contributed by atoms with Crippen LogP contribution >= 0.6 is 11.8 Å². The van der Waals surface area contributed by atoms with Gasteiger partial charge in [-0.1, -0.05) is 30.3 Å². The van der Waals surface area contributed by atoms with Crippen LogP contribution in [0.15, 0.2) is 30.3 Å². The van der Waals surface area contributed by atoms with E-state index in [0.29, 0.717) is 0 Å². The number of fused-ring (bicyclic) bond motifs is 1. The third-order valence-electron chi connectivity index (χ3n) is 5.57. The molecular weight excluding hydrogens is 436 g/mol. The lowest BCUT2D eigenvalue weighted by atomic mass is 9.87. The summed E-state index contributed by atoms with van der Waals surface area (Å²) in [6.45, 7) is 5.25. The van der Waals surface area contributed by atoms with Gasteiger partial charge in [0.1, 0.15) is 31.2 Å². The van der Waals surface area contributed by atoms with Gasteiger partial charge in [-0.15, -0.1) is 11.8 Å². The van der Waals surface area contributed by atoms with Crippen molar-refractivity contribution in [3.63, 3.8) is 0 Å². The average Bonchev–Trinajstić information content (AvgIpc) is 2.99. The number of thioether (sulfide) groups is 1. The van der Waals surface area contributed by atoms with Gasteiger partial charge in [0.05, 0.1) is 12.0 Å². The van der Waals surface area contributed by atoms with Crippen LogP contribution in [0.25, 0.3) is 0 Å². The zero-order valence-electron chi connectivity index (χ0n) is 18.5. The number of carbonyl (C=O) groups is 4. The molecule has 1 aromatic carbocycles. The van der Waals surface area contributed by atoms with Crippen molar-refractivity contribution in [2.24, 2.45) is 5.92 Å². The number of hydrogen-bond donors (Lipinski definition) is 1. The molecule has 2 aliphatic rings. The summed E-state index contributed by atoms with van der Waals surface area (Å²) in [6, 6.07) is 8.39. The Bertz CT molecular complexity index is 892. The second-order valence-corrected chi connectivity index (χ2v) is 10.1. The Morgan fingerprint density at radius 1 is 1.22 bits per heavy atom. The summed E-state index contributed by atoms with van der Waals surface area (Å²) in [4.78, 5) is 52.4. The zero-order valence-corrected chi connectivity index (χ0v) is 19.3. The fourth-order valence-electron chi connectivity index (χ4n) is 3.98. The molecule has 0 aromatic heterocycles. The van der Waals surface area contributed by atoms with Gasteiger partial charge in [-0.25, -0.2) is 4.79 Å². The highest BCUT2D eigenvalue weighted by Crippen LogP contribution is 2.54. The van der Waals surface area contributed by atoms with E-state index in [1.54, 1.807) is 6.92 Å². The van der Waals surface area contributed by atoms with Crippen molar-refractivity contribution in [3.8, 4) is 0 Å². The van der Waals surface area contributed by atoms with E-state index >= 15 is 0 Å². The lowest BCUT2D eigenvalue weighted by Crippen LogP contribution is -2.67. The molecule has 1 aromatic rings. The quantitative estimate of drug-likeness (QED) is 0.444. The molecule has 2 amide bonds. The molecule has 2 aliphatic heterocycles. The minimum absolute atomic E-state index is 0.0901. The highest BCUT2D eigenvalue weighted by molar-refractivity contribution is 8.01. The second-order valence-electron chi connectivity index (χ2n) is 8.32. The SMILES string of the molecule is CCOC(=O)CN(C)C(=O)[C@@H](O)[C@@H]1C(=O)N2[C@@H]1SC(C)(C)[C@@H]2C(=O)OCc1ccccc1. The van der Waals surface area contributed by atoms with Gasteiger partial charge in [-0.05, 0) is 26.3 Å². The monoisotopic (exact) mass is 464 g/mol. The highest BCUT2D eigenvalue weighted by atomic mass is 32.2. The molecule has 1 N–H and O–H groups in total. The van der Waals surface area contributed by atoms with Crippen molar-refractivity contribution in [3.05, 3.63) is 35.9 Å². The first-order valence-corrected chi connectivity index (χ1v) is 11.3. The number of aliphatic hydroxyl groups is 1. The summed E-state index contributed by atoms with van der Waals surface area (Å²) >= 11 is 1.35. The number of β-lactam (4-membered cyclic amide) rings is 1. The molecule has 0 spiro atoms. The summed E-state index contributed by atoms with van der Waals surface area (Å²) in [6.07, 6.45) is -1.62. The Hall–Kier alpha value is -2.59. The molecular formula is C22H28N2O7S. The van der Waals surface area contributed by atoms with Crippen molar-refractivity contribution in [1.29, 1.82) is 0 Å².